The highest BCUT2D eigenvalue weighted by atomic mass is 35.5. The van der Waals surface area contributed by atoms with Crippen molar-refractivity contribution in [3.63, 3.8) is 0 Å². The zero-order valence-electron chi connectivity index (χ0n) is 11.3. The van der Waals surface area contributed by atoms with Crippen LogP contribution in [0.15, 0.2) is 53.4 Å². The van der Waals surface area contributed by atoms with Gasteiger partial charge in [-0.1, -0.05) is 54.1 Å². The Morgan fingerprint density at radius 3 is 2.42 bits per heavy atom. The Bertz CT molecular complexity index is 526. The zero-order chi connectivity index (χ0) is 13.7. The summed E-state index contributed by atoms with van der Waals surface area (Å²) < 4.78 is 0. The summed E-state index contributed by atoms with van der Waals surface area (Å²) in [4.78, 5) is 3.29. The highest BCUT2D eigenvalue weighted by molar-refractivity contribution is 7.98. The van der Waals surface area contributed by atoms with Gasteiger partial charge in [-0.15, -0.1) is 11.8 Å². The molecule has 0 radical (unpaired) electrons. The van der Waals surface area contributed by atoms with Crippen LogP contribution < -0.4 is 0 Å². The first-order chi connectivity index (χ1) is 9.16. The number of hydrogen-bond donors (Lipinski definition) is 0. The Balaban J connectivity index is 2.08. The van der Waals surface area contributed by atoms with E-state index in [9.17, 15) is 0 Å². The Morgan fingerprint density at radius 1 is 1.00 bits per heavy atom. The number of benzene rings is 2. The molecule has 0 spiro atoms. The molecule has 19 heavy (non-hydrogen) atoms. The molecule has 0 fully saturated rings. The van der Waals surface area contributed by atoms with Crippen molar-refractivity contribution in [2.75, 3.05) is 14.1 Å². The molecule has 0 unspecified atom stereocenters. The molecule has 0 heterocycles. The zero-order valence-corrected chi connectivity index (χ0v) is 12.8. The summed E-state index contributed by atoms with van der Waals surface area (Å²) in [7, 11) is 4.11. The molecule has 100 valence electrons. The van der Waals surface area contributed by atoms with Gasteiger partial charge in [0.1, 0.15) is 0 Å². The second-order valence-electron chi connectivity index (χ2n) is 4.74. The maximum absolute atomic E-state index is 6.47. The predicted octanol–water partition coefficient (Wildman–Crippen LogP) is 4.69. The van der Waals surface area contributed by atoms with Crippen molar-refractivity contribution in [1.82, 2.24) is 4.90 Å². The van der Waals surface area contributed by atoms with Gasteiger partial charge in [-0.3, -0.25) is 0 Å². The topological polar surface area (TPSA) is 3.24 Å². The summed E-state index contributed by atoms with van der Waals surface area (Å²) in [5, 5.41) is 0.886. The molecule has 0 aliphatic rings. The Morgan fingerprint density at radius 2 is 1.74 bits per heavy atom. The third-order valence-corrected chi connectivity index (χ3v) is 4.45. The SMILES string of the molecule is CN(C)Cc1cccc(SCc2ccccc2)c1Cl. The second-order valence-corrected chi connectivity index (χ2v) is 6.14. The van der Waals surface area contributed by atoms with Crippen molar-refractivity contribution in [2.45, 2.75) is 17.2 Å². The van der Waals surface area contributed by atoms with Crippen LogP contribution in [-0.4, -0.2) is 19.0 Å². The minimum absolute atomic E-state index is 0.874. The van der Waals surface area contributed by atoms with E-state index in [-0.39, 0.29) is 0 Å². The first kappa shape index (κ1) is 14.4. The van der Waals surface area contributed by atoms with Crippen LogP contribution in [0.4, 0.5) is 0 Å². The number of nitrogens with zero attached hydrogens (tertiary/aromatic N) is 1. The van der Waals surface area contributed by atoms with Crippen LogP contribution in [0.2, 0.25) is 5.02 Å². The van der Waals surface area contributed by atoms with Gasteiger partial charge in [-0.2, -0.15) is 0 Å². The molecule has 0 saturated carbocycles. The van der Waals surface area contributed by atoms with Crippen LogP contribution in [0, 0.1) is 0 Å². The molecule has 2 rings (SSSR count). The standard InChI is InChI=1S/C16H18ClNS/c1-18(2)11-14-9-6-10-15(16(14)17)19-12-13-7-4-3-5-8-13/h3-10H,11-12H2,1-2H3. The average molecular weight is 292 g/mol. The van der Waals surface area contributed by atoms with Crippen LogP contribution in [0.25, 0.3) is 0 Å². The minimum Gasteiger partial charge on any atom is -0.305 e. The summed E-state index contributed by atoms with van der Waals surface area (Å²) in [6.45, 7) is 0.874. The van der Waals surface area contributed by atoms with E-state index in [1.54, 1.807) is 11.8 Å². The Kier molecular flexibility index (Phi) is 5.32. The molecule has 0 N–H and O–H groups in total. The van der Waals surface area contributed by atoms with Crippen molar-refractivity contribution in [2.24, 2.45) is 0 Å². The van der Waals surface area contributed by atoms with Crippen molar-refractivity contribution < 1.29 is 0 Å². The lowest BCUT2D eigenvalue weighted by Crippen LogP contribution is -2.11. The van der Waals surface area contributed by atoms with Crippen LogP contribution in [0.1, 0.15) is 11.1 Å². The van der Waals surface area contributed by atoms with Gasteiger partial charge < -0.3 is 4.90 Å². The Labute approximate surface area is 124 Å². The van der Waals surface area contributed by atoms with Crippen molar-refractivity contribution in [3.8, 4) is 0 Å². The van der Waals surface area contributed by atoms with Crippen LogP contribution in [0.3, 0.4) is 0 Å². The van der Waals surface area contributed by atoms with E-state index in [0.29, 0.717) is 0 Å². The highest BCUT2D eigenvalue weighted by Gasteiger charge is 2.07. The van der Waals surface area contributed by atoms with Gasteiger partial charge in [0.25, 0.3) is 0 Å². The first-order valence-electron chi connectivity index (χ1n) is 6.25. The molecule has 0 saturated heterocycles. The van der Waals surface area contributed by atoms with Crippen molar-refractivity contribution in [3.05, 3.63) is 64.7 Å². The van der Waals surface area contributed by atoms with E-state index in [1.165, 1.54) is 11.1 Å². The predicted molar refractivity (Wildman–Crippen MR) is 84.8 cm³/mol. The molecule has 0 aromatic heterocycles. The van der Waals surface area contributed by atoms with E-state index >= 15 is 0 Å². The molecule has 3 heteroatoms. The summed E-state index contributed by atoms with van der Waals surface area (Å²) in [6.07, 6.45) is 0. The third-order valence-electron chi connectivity index (χ3n) is 2.77. The monoisotopic (exact) mass is 291 g/mol. The fourth-order valence-electron chi connectivity index (χ4n) is 1.87. The molecular formula is C16H18ClNS. The van der Waals surface area contributed by atoms with Crippen LogP contribution in [-0.2, 0) is 12.3 Å². The molecular weight excluding hydrogens is 274 g/mol. The van der Waals surface area contributed by atoms with E-state index in [1.807, 2.05) is 6.07 Å². The number of thioether (sulfide) groups is 1. The van der Waals surface area contributed by atoms with E-state index in [2.05, 4.69) is 61.5 Å². The lowest BCUT2D eigenvalue weighted by molar-refractivity contribution is 0.402. The maximum Gasteiger partial charge on any atom is 0.0586 e. The van der Waals surface area contributed by atoms with Gasteiger partial charge in [0.2, 0.25) is 0 Å². The van der Waals surface area contributed by atoms with Crippen molar-refractivity contribution >= 4 is 23.4 Å². The average Bonchev–Trinajstić information content (AvgIpc) is 2.40. The maximum atomic E-state index is 6.47. The van der Waals surface area contributed by atoms with Gasteiger partial charge in [0.05, 0.1) is 5.02 Å². The molecule has 0 bridgehead atoms. The number of hydrogen-bond acceptors (Lipinski definition) is 2. The fraction of sp³-hybridized carbons (Fsp3) is 0.250. The molecule has 0 aliphatic heterocycles. The second kappa shape index (κ2) is 6.99. The highest BCUT2D eigenvalue weighted by Crippen LogP contribution is 2.32. The quantitative estimate of drug-likeness (QED) is 0.735. The molecule has 0 aliphatic carbocycles. The van der Waals surface area contributed by atoms with E-state index < -0.39 is 0 Å². The molecule has 2 aromatic rings. The van der Waals surface area contributed by atoms with Crippen LogP contribution in [0.5, 0.6) is 0 Å². The third kappa shape index (κ3) is 4.27. The number of rotatable bonds is 5. The summed E-state index contributed by atoms with van der Waals surface area (Å²) >= 11 is 8.26. The minimum atomic E-state index is 0.874. The molecule has 2 aromatic carbocycles. The summed E-state index contributed by atoms with van der Waals surface area (Å²) in [5.74, 6) is 0.950. The summed E-state index contributed by atoms with van der Waals surface area (Å²) in [6, 6.07) is 16.7. The molecule has 1 nitrogen and oxygen atoms in total. The van der Waals surface area contributed by atoms with E-state index in [4.69, 9.17) is 11.6 Å². The van der Waals surface area contributed by atoms with Gasteiger partial charge >= 0.3 is 0 Å². The summed E-state index contributed by atoms with van der Waals surface area (Å²) in [5.41, 5.74) is 2.51. The number of halogens is 1. The Hall–Kier alpha value is -0.960. The largest absolute Gasteiger partial charge is 0.305 e. The first-order valence-corrected chi connectivity index (χ1v) is 7.62. The lowest BCUT2D eigenvalue weighted by atomic mass is 10.2. The smallest absolute Gasteiger partial charge is 0.0586 e. The molecule has 0 amide bonds. The van der Waals surface area contributed by atoms with Crippen molar-refractivity contribution in [1.29, 1.82) is 0 Å². The van der Waals surface area contributed by atoms with Gasteiger partial charge in [-0.25, -0.2) is 0 Å². The van der Waals surface area contributed by atoms with Gasteiger partial charge in [0.15, 0.2) is 0 Å². The molecule has 0 atom stereocenters. The van der Waals surface area contributed by atoms with Gasteiger partial charge in [-0.05, 0) is 31.3 Å². The van der Waals surface area contributed by atoms with E-state index in [0.717, 1.165) is 22.2 Å². The van der Waals surface area contributed by atoms with Crippen LogP contribution >= 0.6 is 23.4 Å². The van der Waals surface area contributed by atoms with Gasteiger partial charge in [0, 0.05) is 17.2 Å². The lowest BCUT2D eigenvalue weighted by Gasteiger charge is -2.13. The normalized spacial score (nSPS) is 10.9. The fourth-order valence-corrected chi connectivity index (χ4v) is 3.16.